The van der Waals surface area contributed by atoms with Crippen molar-refractivity contribution in [2.24, 2.45) is 5.92 Å². The van der Waals surface area contributed by atoms with Gasteiger partial charge in [-0.2, -0.15) is 0 Å². The van der Waals surface area contributed by atoms with E-state index in [0.717, 1.165) is 31.8 Å². The average Bonchev–Trinajstić information content (AvgIpc) is 2.65. The molecular weight excluding hydrogens is 338 g/mol. The van der Waals surface area contributed by atoms with Gasteiger partial charge in [0.1, 0.15) is 0 Å². The fourth-order valence-corrected chi connectivity index (χ4v) is 2.69. The number of nitrogens with one attached hydrogen (secondary N) is 3. The monoisotopic (exact) mass is 358 g/mol. The number of carboxylic acid groups (broad SMARTS) is 1. The minimum atomic E-state index is -1.52. The minimum absolute atomic E-state index is 0.00567. The first-order chi connectivity index (χ1) is 12.5. The molecule has 0 atom stereocenters. The number of carbonyl (C=O) groups is 4. The molecule has 0 aromatic heterocycles. The molecule has 26 heavy (non-hydrogen) atoms. The van der Waals surface area contributed by atoms with E-state index in [1.54, 1.807) is 12.1 Å². The Morgan fingerprint density at radius 3 is 2.19 bits per heavy atom. The molecule has 0 spiro atoms. The average molecular weight is 358 g/mol. The van der Waals surface area contributed by atoms with Gasteiger partial charge in [-0.15, -0.1) is 0 Å². The molecule has 2 rings (SSSR count). The Bertz CT molecular complexity index is 706. The molecule has 0 bridgehead atoms. The number of aliphatic carboxylic acids is 1. The number of anilines is 1. The van der Waals surface area contributed by atoms with Crippen LogP contribution in [0.3, 0.4) is 0 Å². The van der Waals surface area contributed by atoms with Crippen LogP contribution in [0.15, 0.2) is 36.4 Å². The van der Waals surface area contributed by atoms with Crippen molar-refractivity contribution in [1.29, 1.82) is 0 Å². The van der Waals surface area contributed by atoms with E-state index < -0.39 is 17.8 Å². The van der Waals surface area contributed by atoms with Gasteiger partial charge in [0.2, 0.25) is 5.91 Å². The molecule has 1 aliphatic rings. The molecule has 8 nitrogen and oxygen atoms in total. The van der Waals surface area contributed by atoms with E-state index in [0.29, 0.717) is 11.8 Å². The van der Waals surface area contributed by atoms with Crippen LogP contribution in [0.2, 0.25) is 0 Å². The van der Waals surface area contributed by atoms with Crippen LogP contribution >= 0.6 is 0 Å². The molecule has 3 N–H and O–H groups in total. The van der Waals surface area contributed by atoms with Gasteiger partial charge in [-0.05, 0) is 43.2 Å². The molecule has 1 saturated carbocycles. The predicted molar refractivity (Wildman–Crippen MR) is 91.4 cm³/mol. The zero-order valence-electron chi connectivity index (χ0n) is 14.1. The van der Waals surface area contributed by atoms with Gasteiger partial charge in [-0.3, -0.25) is 25.2 Å². The van der Waals surface area contributed by atoms with Crippen molar-refractivity contribution in [2.75, 3.05) is 5.32 Å². The Labute approximate surface area is 150 Å². The number of carbonyl (C=O) groups excluding carboxylic acids is 4. The Morgan fingerprint density at radius 1 is 0.923 bits per heavy atom. The molecule has 1 aliphatic carbocycles. The second kappa shape index (κ2) is 9.36. The summed E-state index contributed by atoms with van der Waals surface area (Å²) in [5.74, 6) is -2.87. The predicted octanol–water partition coefficient (Wildman–Crippen LogP) is 0.272. The number of hydrazine groups is 1. The summed E-state index contributed by atoms with van der Waals surface area (Å²) < 4.78 is 0. The standard InChI is InChI=1S/C18H21N3O5/c22-15(10-11-16(23)24)20-21-18(26)13-6-8-14(9-7-13)19-17(25)12-4-2-1-3-5-12/h6-12H,1-5H2,(H,19,25)(H,20,22)(H,21,26)(H,23,24)/p-1/b11-10+. The van der Waals surface area contributed by atoms with Crippen molar-refractivity contribution < 1.29 is 24.3 Å². The highest BCUT2D eigenvalue weighted by atomic mass is 16.4. The second-order valence-corrected chi connectivity index (χ2v) is 6.00. The minimum Gasteiger partial charge on any atom is -0.545 e. The molecule has 1 aromatic carbocycles. The van der Waals surface area contributed by atoms with E-state index >= 15 is 0 Å². The largest absolute Gasteiger partial charge is 0.545 e. The summed E-state index contributed by atoms with van der Waals surface area (Å²) in [6.45, 7) is 0. The Hall–Kier alpha value is -3.16. The zero-order valence-corrected chi connectivity index (χ0v) is 14.1. The summed E-state index contributed by atoms with van der Waals surface area (Å²) in [5.41, 5.74) is 5.05. The number of benzene rings is 1. The Kier molecular flexibility index (Phi) is 6.90. The fraction of sp³-hybridized carbons (Fsp3) is 0.333. The van der Waals surface area contributed by atoms with Gasteiger partial charge in [0.05, 0.1) is 5.97 Å². The first kappa shape index (κ1) is 19.2. The van der Waals surface area contributed by atoms with E-state index in [-0.39, 0.29) is 17.4 Å². The van der Waals surface area contributed by atoms with E-state index in [1.807, 2.05) is 5.43 Å². The Balaban J connectivity index is 1.84. The van der Waals surface area contributed by atoms with Gasteiger partial charge in [0.25, 0.3) is 11.8 Å². The topological polar surface area (TPSA) is 127 Å². The first-order valence-corrected chi connectivity index (χ1v) is 8.36. The van der Waals surface area contributed by atoms with Gasteiger partial charge in [0, 0.05) is 23.2 Å². The SMILES string of the molecule is O=C([O-])/C=C/C(=O)NNC(=O)c1ccc(NC(=O)C2CCCCC2)cc1. The molecule has 1 fully saturated rings. The molecule has 0 heterocycles. The lowest BCUT2D eigenvalue weighted by molar-refractivity contribution is -0.297. The van der Waals surface area contributed by atoms with Crippen molar-refractivity contribution in [3.8, 4) is 0 Å². The summed E-state index contributed by atoms with van der Waals surface area (Å²) in [5, 5.41) is 13.0. The van der Waals surface area contributed by atoms with Crippen LogP contribution in [-0.4, -0.2) is 23.7 Å². The maximum absolute atomic E-state index is 12.2. The lowest BCUT2D eigenvalue weighted by Crippen LogP contribution is -2.41. The van der Waals surface area contributed by atoms with Gasteiger partial charge in [-0.1, -0.05) is 19.3 Å². The third kappa shape index (κ3) is 6.04. The van der Waals surface area contributed by atoms with Gasteiger partial charge in [0.15, 0.2) is 0 Å². The molecule has 8 heteroatoms. The van der Waals surface area contributed by atoms with Crippen LogP contribution in [-0.2, 0) is 14.4 Å². The molecule has 1 aromatic rings. The second-order valence-electron chi connectivity index (χ2n) is 6.00. The summed E-state index contributed by atoms with van der Waals surface area (Å²) in [4.78, 5) is 45.5. The highest BCUT2D eigenvalue weighted by molar-refractivity contribution is 5.99. The first-order valence-electron chi connectivity index (χ1n) is 8.36. The van der Waals surface area contributed by atoms with Crippen molar-refractivity contribution in [1.82, 2.24) is 10.9 Å². The van der Waals surface area contributed by atoms with E-state index in [4.69, 9.17) is 0 Å². The number of carboxylic acids is 1. The van der Waals surface area contributed by atoms with Crippen LogP contribution in [0, 0.1) is 5.92 Å². The van der Waals surface area contributed by atoms with Gasteiger partial charge in [-0.25, -0.2) is 0 Å². The van der Waals surface area contributed by atoms with E-state index in [2.05, 4.69) is 10.7 Å². The molecule has 0 radical (unpaired) electrons. The lowest BCUT2D eigenvalue weighted by atomic mass is 9.88. The van der Waals surface area contributed by atoms with E-state index in [1.165, 1.54) is 18.6 Å². The van der Waals surface area contributed by atoms with Crippen molar-refractivity contribution in [3.63, 3.8) is 0 Å². The zero-order chi connectivity index (χ0) is 18.9. The smallest absolute Gasteiger partial charge is 0.269 e. The summed E-state index contributed by atoms with van der Waals surface area (Å²) >= 11 is 0. The van der Waals surface area contributed by atoms with Crippen molar-refractivity contribution in [2.45, 2.75) is 32.1 Å². The normalized spacial score (nSPS) is 14.6. The molecule has 0 saturated heterocycles. The maximum atomic E-state index is 12.2. The Morgan fingerprint density at radius 2 is 1.58 bits per heavy atom. The summed E-state index contributed by atoms with van der Waals surface area (Å²) in [6, 6.07) is 6.23. The maximum Gasteiger partial charge on any atom is 0.269 e. The number of amides is 3. The molecule has 3 amide bonds. The fourth-order valence-electron chi connectivity index (χ4n) is 2.69. The third-order valence-electron chi connectivity index (χ3n) is 4.06. The van der Waals surface area contributed by atoms with E-state index in [9.17, 15) is 24.3 Å². The van der Waals surface area contributed by atoms with Crippen LogP contribution < -0.4 is 21.3 Å². The van der Waals surface area contributed by atoms with Crippen molar-refractivity contribution >= 4 is 29.4 Å². The molecule has 0 aliphatic heterocycles. The lowest BCUT2D eigenvalue weighted by Gasteiger charge is -2.20. The van der Waals surface area contributed by atoms with Crippen LogP contribution in [0.5, 0.6) is 0 Å². The van der Waals surface area contributed by atoms with Crippen LogP contribution in [0.1, 0.15) is 42.5 Å². The molecule has 0 unspecified atom stereocenters. The number of rotatable bonds is 5. The molecule has 138 valence electrons. The van der Waals surface area contributed by atoms with Gasteiger partial charge >= 0.3 is 0 Å². The quantitative estimate of drug-likeness (QED) is 0.514. The highest BCUT2D eigenvalue weighted by Crippen LogP contribution is 2.25. The highest BCUT2D eigenvalue weighted by Gasteiger charge is 2.21. The summed E-state index contributed by atoms with van der Waals surface area (Å²) in [6.07, 6.45) is 6.39. The van der Waals surface area contributed by atoms with Crippen LogP contribution in [0.25, 0.3) is 0 Å². The number of hydrogen-bond donors (Lipinski definition) is 3. The van der Waals surface area contributed by atoms with Crippen molar-refractivity contribution in [3.05, 3.63) is 42.0 Å². The number of hydrogen-bond acceptors (Lipinski definition) is 5. The van der Waals surface area contributed by atoms with Crippen LogP contribution in [0.4, 0.5) is 5.69 Å². The molecular formula is C18H20N3O5-. The van der Waals surface area contributed by atoms with Gasteiger partial charge < -0.3 is 15.2 Å². The summed E-state index contributed by atoms with van der Waals surface area (Å²) in [7, 11) is 0. The third-order valence-corrected chi connectivity index (χ3v) is 4.06.